The second kappa shape index (κ2) is 4.86. The Bertz CT molecular complexity index is 823. The average Bonchev–Trinajstić information content (AvgIpc) is 2.90. The van der Waals surface area contributed by atoms with Gasteiger partial charge in [-0.25, -0.2) is 4.79 Å². The van der Waals surface area contributed by atoms with Gasteiger partial charge >= 0.3 is 5.97 Å². The molecule has 0 atom stereocenters. The predicted octanol–water partition coefficient (Wildman–Crippen LogP) is 3.23. The number of carbonyl (C=O) groups excluding carboxylic acids is 1. The summed E-state index contributed by atoms with van der Waals surface area (Å²) in [6.45, 7) is 0. The molecule has 2 aromatic heterocycles. The molecule has 1 aromatic carbocycles. The Morgan fingerprint density at radius 1 is 1.05 bits per heavy atom. The van der Waals surface area contributed by atoms with Gasteiger partial charge in [0, 0.05) is 33.4 Å². The number of hydrogen-bond donors (Lipinski definition) is 1. The Morgan fingerprint density at radius 2 is 1.85 bits per heavy atom. The number of fused-ring (bicyclic) bond motifs is 1. The molecule has 0 bridgehead atoms. The molecule has 98 valence electrons. The molecule has 1 N–H and O–H groups in total. The number of nitrogens with zero attached hydrogens (tertiary/aromatic N) is 1. The lowest BCUT2D eigenvalue weighted by atomic mass is 10.00. The van der Waals surface area contributed by atoms with E-state index in [0.29, 0.717) is 5.56 Å². The molecule has 3 aromatic rings. The van der Waals surface area contributed by atoms with Crippen molar-refractivity contribution in [3.05, 3.63) is 64.8 Å². The maximum Gasteiger partial charge on any atom is 0.336 e. The summed E-state index contributed by atoms with van der Waals surface area (Å²) in [4.78, 5) is 27.6. The minimum Gasteiger partial charge on any atom is -0.478 e. The number of ketones is 1. The van der Waals surface area contributed by atoms with Crippen molar-refractivity contribution in [3.63, 3.8) is 0 Å². The summed E-state index contributed by atoms with van der Waals surface area (Å²) < 4.78 is 0.997. The first kappa shape index (κ1) is 12.5. The smallest absolute Gasteiger partial charge is 0.336 e. The number of carbonyl (C=O) groups is 2. The highest BCUT2D eigenvalue weighted by Crippen LogP contribution is 2.28. The van der Waals surface area contributed by atoms with Gasteiger partial charge in [-0.2, -0.15) is 0 Å². The molecule has 0 aliphatic carbocycles. The number of benzene rings is 1. The molecule has 3 rings (SSSR count). The summed E-state index contributed by atoms with van der Waals surface area (Å²) in [5.41, 5.74) is 0.602. The quantitative estimate of drug-likeness (QED) is 0.749. The standard InChI is InChI=1S/C15H9NO3S/c17-14(11-7-16-6-5-10(11)15(18)19)12-8-20-13-4-2-1-3-9(12)13/h1-8H,(H,18,19). The van der Waals surface area contributed by atoms with Crippen LogP contribution in [0.25, 0.3) is 10.1 Å². The first-order valence-electron chi connectivity index (χ1n) is 5.86. The van der Waals surface area contributed by atoms with E-state index >= 15 is 0 Å². The van der Waals surface area contributed by atoms with Crippen LogP contribution in [0.3, 0.4) is 0 Å². The lowest BCUT2D eigenvalue weighted by molar-refractivity contribution is 0.0692. The van der Waals surface area contributed by atoms with E-state index < -0.39 is 5.97 Å². The number of hydrogen-bond acceptors (Lipinski definition) is 4. The normalized spacial score (nSPS) is 10.6. The zero-order chi connectivity index (χ0) is 14.1. The lowest BCUT2D eigenvalue weighted by Crippen LogP contribution is -2.09. The molecule has 0 amide bonds. The molecule has 2 heterocycles. The molecule has 0 aliphatic rings. The summed E-state index contributed by atoms with van der Waals surface area (Å²) in [6.07, 6.45) is 2.67. The molecular weight excluding hydrogens is 274 g/mol. The van der Waals surface area contributed by atoms with Crippen molar-refractivity contribution in [2.75, 3.05) is 0 Å². The van der Waals surface area contributed by atoms with Crippen molar-refractivity contribution in [2.24, 2.45) is 0 Å². The Hall–Kier alpha value is -2.53. The fourth-order valence-electron chi connectivity index (χ4n) is 2.06. The van der Waals surface area contributed by atoms with E-state index in [1.165, 1.54) is 29.8 Å². The van der Waals surface area contributed by atoms with Gasteiger partial charge in [-0.1, -0.05) is 18.2 Å². The van der Waals surface area contributed by atoms with Crippen molar-refractivity contribution >= 4 is 33.2 Å². The highest BCUT2D eigenvalue weighted by molar-refractivity contribution is 7.17. The van der Waals surface area contributed by atoms with Crippen LogP contribution in [0.4, 0.5) is 0 Å². The predicted molar refractivity (Wildman–Crippen MR) is 76.5 cm³/mol. The van der Waals surface area contributed by atoms with E-state index in [9.17, 15) is 9.59 Å². The first-order chi connectivity index (χ1) is 9.68. The van der Waals surface area contributed by atoms with Crippen molar-refractivity contribution < 1.29 is 14.7 Å². The Kier molecular flexibility index (Phi) is 3.04. The monoisotopic (exact) mass is 283 g/mol. The molecule has 20 heavy (non-hydrogen) atoms. The van der Waals surface area contributed by atoms with E-state index in [2.05, 4.69) is 4.98 Å². The van der Waals surface area contributed by atoms with E-state index in [-0.39, 0.29) is 16.9 Å². The number of aromatic carboxylic acids is 1. The van der Waals surface area contributed by atoms with Gasteiger partial charge in [-0.15, -0.1) is 11.3 Å². The summed E-state index contributed by atoms with van der Waals surface area (Å²) in [5.74, 6) is -1.44. The number of aromatic nitrogens is 1. The van der Waals surface area contributed by atoms with Gasteiger partial charge in [0.2, 0.25) is 0 Å². The number of rotatable bonds is 3. The third kappa shape index (κ3) is 1.98. The van der Waals surface area contributed by atoms with Crippen molar-refractivity contribution in [1.29, 1.82) is 0 Å². The number of carboxylic acid groups (broad SMARTS) is 1. The zero-order valence-electron chi connectivity index (χ0n) is 10.2. The van der Waals surface area contributed by atoms with Crippen LogP contribution in [-0.4, -0.2) is 21.8 Å². The minimum atomic E-state index is -1.13. The van der Waals surface area contributed by atoms with E-state index in [0.717, 1.165) is 10.1 Å². The molecular formula is C15H9NO3S. The van der Waals surface area contributed by atoms with Gasteiger partial charge in [-0.3, -0.25) is 9.78 Å². The molecule has 0 spiro atoms. The molecule has 0 saturated heterocycles. The summed E-state index contributed by atoms with van der Waals surface area (Å²) in [7, 11) is 0. The Balaban J connectivity index is 2.16. The van der Waals surface area contributed by atoms with E-state index in [1.807, 2.05) is 24.3 Å². The third-order valence-corrected chi connectivity index (χ3v) is 3.99. The van der Waals surface area contributed by atoms with Gasteiger partial charge in [0.1, 0.15) is 0 Å². The maximum atomic E-state index is 12.6. The molecule has 0 radical (unpaired) electrons. The number of pyridine rings is 1. The fraction of sp³-hybridized carbons (Fsp3) is 0. The van der Waals surface area contributed by atoms with Crippen LogP contribution in [0.15, 0.2) is 48.1 Å². The van der Waals surface area contributed by atoms with Crippen LogP contribution in [0.2, 0.25) is 0 Å². The van der Waals surface area contributed by atoms with Crippen molar-refractivity contribution in [3.8, 4) is 0 Å². The fourth-order valence-corrected chi connectivity index (χ4v) is 3.00. The second-order valence-corrected chi connectivity index (χ2v) is 5.11. The topological polar surface area (TPSA) is 67.3 Å². The molecule has 0 fully saturated rings. The van der Waals surface area contributed by atoms with Gasteiger partial charge in [0.25, 0.3) is 0 Å². The van der Waals surface area contributed by atoms with Gasteiger partial charge in [0.05, 0.1) is 11.1 Å². The van der Waals surface area contributed by atoms with Crippen LogP contribution in [0.5, 0.6) is 0 Å². The zero-order valence-corrected chi connectivity index (χ0v) is 11.1. The third-order valence-electron chi connectivity index (χ3n) is 3.02. The maximum absolute atomic E-state index is 12.6. The van der Waals surface area contributed by atoms with Gasteiger partial charge in [0.15, 0.2) is 5.78 Å². The Labute approximate surface area is 118 Å². The summed E-state index contributed by atoms with van der Waals surface area (Å²) in [5, 5.41) is 11.7. The van der Waals surface area contributed by atoms with Crippen molar-refractivity contribution in [2.45, 2.75) is 0 Å². The van der Waals surface area contributed by atoms with Crippen molar-refractivity contribution in [1.82, 2.24) is 4.98 Å². The van der Waals surface area contributed by atoms with Crippen LogP contribution >= 0.6 is 11.3 Å². The number of carboxylic acids is 1. The second-order valence-electron chi connectivity index (χ2n) is 4.20. The minimum absolute atomic E-state index is 0.0275. The highest BCUT2D eigenvalue weighted by Gasteiger charge is 2.20. The molecule has 5 heteroatoms. The van der Waals surface area contributed by atoms with E-state index in [4.69, 9.17) is 5.11 Å². The number of thiophene rings is 1. The molecule has 4 nitrogen and oxygen atoms in total. The largest absolute Gasteiger partial charge is 0.478 e. The summed E-state index contributed by atoms with van der Waals surface area (Å²) in [6, 6.07) is 8.88. The SMILES string of the molecule is O=C(O)c1ccncc1C(=O)c1csc2ccccc12. The molecule has 0 unspecified atom stereocenters. The van der Waals surface area contributed by atoms with Crippen LogP contribution in [-0.2, 0) is 0 Å². The van der Waals surface area contributed by atoms with Gasteiger partial charge < -0.3 is 5.11 Å². The first-order valence-corrected chi connectivity index (χ1v) is 6.74. The van der Waals surface area contributed by atoms with Crippen LogP contribution < -0.4 is 0 Å². The lowest BCUT2D eigenvalue weighted by Gasteiger charge is -2.03. The Morgan fingerprint density at radius 3 is 2.65 bits per heavy atom. The molecule has 0 saturated carbocycles. The summed E-state index contributed by atoms with van der Waals surface area (Å²) >= 11 is 1.46. The van der Waals surface area contributed by atoms with Crippen LogP contribution in [0.1, 0.15) is 26.3 Å². The van der Waals surface area contributed by atoms with Gasteiger partial charge in [-0.05, 0) is 12.1 Å². The highest BCUT2D eigenvalue weighted by atomic mass is 32.1. The van der Waals surface area contributed by atoms with E-state index in [1.54, 1.807) is 5.38 Å². The average molecular weight is 283 g/mol. The molecule has 0 aliphatic heterocycles. The van der Waals surface area contributed by atoms with Crippen LogP contribution in [0, 0.1) is 0 Å².